The first kappa shape index (κ1) is 21.1. The number of ether oxygens (including phenoxy) is 1. The highest BCUT2D eigenvalue weighted by Crippen LogP contribution is 2.56. The highest BCUT2D eigenvalue weighted by atomic mass is 16.6. The minimum Gasteiger partial charge on any atom is -0.456 e. The smallest absolute Gasteiger partial charge is 0.330 e. The average molecular weight is 428 g/mol. The normalized spacial score (nSPS) is 27.5. The SMILES string of the molecule is CC(C)[C@H](C(=O)OCC(=O)c1cccc([N+](=O)[O-])c1)N1C(=O)[C@H]2[C@@H]3CC[C@@H](C3)[C@@H]2C1=O. The Kier molecular flexibility index (Phi) is 5.36. The van der Waals surface area contributed by atoms with Gasteiger partial charge in [-0.1, -0.05) is 26.0 Å². The van der Waals surface area contributed by atoms with E-state index in [1.54, 1.807) is 13.8 Å². The third-order valence-electron chi connectivity index (χ3n) is 6.84. The fourth-order valence-corrected chi connectivity index (χ4v) is 5.48. The van der Waals surface area contributed by atoms with Gasteiger partial charge in [-0.25, -0.2) is 4.79 Å². The zero-order chi connectivity index (χ0) is 22.4. The Bertz CT molecular complexity index is 944. The van der Waals surface area contributed by atoms with Crippen molar-refractivity contribution >= 4 is 29.3 Å². The van der Waals surface area contributed by atoms with E-state index in [-0.39, 0.29) is 52.7 Å². The summed E-state index contributed by atoms with van der Waals surface area (Å²) in [7, 11) is 0. The van der Waals surface area contributed by atoms with Gasteiger partial charge >= 0.3 is 5.97 Å². The van der Waals surface area contributed by atoms with Crippen LogP contribution in [0.15, 0.2) is 24.3 Å². The van der Waals surface area contributed by atoms with Crippen LogP contribution in [0.1, 0.15) is 43.5 Å². The van der Waals surface area contributed by atoms with E-state index in [4.69, 9.17) is 4.74 Å². The van der Waals surface area contributed by atoms with Crippen LogP contribution in [0, 0.1) is 39.7 Å². The van der Waals surface area contributed by atoms with Crippen LogP contribution in [0.5, 0.6) is 0 Å². The van der Waals surface area contributed by atoms with Crippen molar-refractivity contribution in [3.8, 4) is 0 Å². The van der Waals surface area contributed by atoms with Gasteiger partial charge in [0.15, 0.2) is 6.61 Å². The fourth-order valence-electron chi connectivity index (χ4n) is 5.48. The van der Waals surface area contributed by atoms with Crippen LogP contribution >= 0.6 is 0 Å². The second kappa shape index (κ2) is 7.86. The van der Waals surface area contributed by atoms with E-state index in [0.717, 1.165) is 30.2 Å². The van der Waals surface area contributed by atoms with E-state index in [0.29, 0.717) is 0 Å². The van der Waals surface area contributed by atoms with Gasteiger partial charge in [-0.05, 0) is 37.0 Å². The summed E-state index contributed by atoms with van der Waals surface area (Å²) < 4.78 is 5.18. The molecule has 1 aromatic carbocycles. The Morgan fingerprint density at radius 1 is 1.16 bits per heavy atom. The monoisotopic (exact) mass is 428 g/mol. The lowest BCUT2D eigenvalue weighted by atomic mass is 9.81. The van der Waals surface area contributed by atoms with E-state index in [2.05, 4.69) is 0 Å². The number of likely N-dealkylation sites (tertiary alicyclic amines) is 1. The zero-order valence-corrected chi connectivity index (χ0v) is 17.4. The van der Waals surface area contributed by atoms with Crippen LogP contribution in [0.2, 0.25) is 0 Å². The molecular formula is C22H24N2O7. The molecule has 31 heavy (non-hydrogen) atoms. The molecule has 1 aliphatic heterocycles. The van der Waals surface area contributed by atoms with Gasteiger partial charge in [0.1, 0.15) is 6.04 Å². The molecule has 2 bridgehead atoms. The molecule has 9 nitrogen and oxygen atoms in total. The highest BCUT2D eigenvalue weighted by molar-refractivity contribution is 6.09. The van der Waals surface area contributed by atoms with Gasteiger partial charge in [-0.15, -0.1) is 0 Å². The third-order valence-corrected chi connectivity index (χ3v) is 6.84. The molecule has 2 saturated carbocycles. The molecule has 9 heteroatoms. The number of carbonyl (C=O) groups excluding carboxylic acids is 4. The number of nitro benzene ring substituents is 1. The first-order chi connectivity index (χ1) is 14.7. The summed E-state index contributed by atoms with van der Waals surface area (Å²) in [5, 5.41) is 10.9. The summed E-state index contributed by atoms with van der Waals surface area (Å²) in [6.45, 7) is 2.81. The summed E-state index contributed by atoms with van der Waals surface area (Å²) in [5.74, 6) is -2.68. The highest BCUT2D eigenvalue weighted by Gasteiger charge is 2.62. The maximum Gasteiger partial charge on any atom is 0.330 e. The van der Waals surface area contributed by atoms with Crippen LogP contribution in [0.25, 0.3) is 0 Å². The van der Waals surface area contributed by atoms with E-state index in [1.807, 2.05) is 0 Å². The molecule has 1 heterocycles. The molecule has 1 saturated heterocycles. The Morgan fingerprint density at radius 3 is 2.32 bits per heavy atom. The van der Waals surface area contributed by atoms with Crippen molar-refractivity contribution in [3.05, 3.63) is 39.9 Å². The number of hydrogen-bond acceptors (Lipinski definition) is 7. The second-order valence-corrected chi connectivity index (χ2v) is 8.96. The molecule has 0 unspecified atom stereocenters. The number of nitrogens with zero attached hydrogens (tertiary/aromatic N) is 2. The number of hydrogen-bond donors (Lipinski definition) is 0. The largest absolute Gasteiger partial charge is 0.456 e. The van der Waals surface area contributed by atoms with Crippen molar-refractivity contribution in [2.45, 2.75) is 39.2 Å². The molecule has 5 atom stereocenters. The predicted octanol–water partition coefficient (Wildman–Crippen LogP) is 2.38. The lowest BCUT2D eigenvalue weighted by Gasteiger charge is -2.28. The molecule has 0 N–H and O–H groups in total. The quantitative estimate of drug-likeness (QED) is 0.215. The molecule has 0 aromatic heterocycles. The number of amides is 2. The van der Waals surface area contributed by atoms with Gasteiger partial charge in [0.2, 0.25) is 17.6 Å². The van der Waals surface area contributed by atoms with Crippen molar-refractivity contribution in [1.29, 1.82) is 0 Å². The van der Waals surface area contributed by atoms with E-state index in [1.165, 1.54) is 18.2 Å². The lowest BCUT2D eigenvalue weighted by Crippen LogP contribution is -2.50. The summed E-state index contributed by atoms with van der Waals surface area (Å²) >= 11 is 0. The number of Topliss-reactive ketones (excluding diaryl/α,β-unsaturated/α-hetero) is 1. The first-order valence-electron chi connectivity index (χ1n) is 10.5. The number of fused-ring (bicyclic) bond motifs is 5. The Balaban J connectivity index is 1.47. The van der Waals surface area contributed by atoms with E-state index >= 15 is 0 Å². The van der Waals surface area contributed by atoms with Gasteiger partial charge in [0, 0.05) is 17.7 Å². The molecule has 2 amide bonds. The number of carbonyl (C=O) groups is 4. The summed E-state index contributed by atoms with van der Waals surface area (Å²) in [5.41, 5.74) is -0.200. The van der Waals surface area contributed by atoms with Crippen molar-refractivity contribution in [2.75, 3.05) is 6.61 Å². The summed E-state index contributed by atoms with van der Waals surface area (Å²) in [4.78, 5) is 62.7. The fraction of sp³-hybridized carbons (Fsp3) is 0.545. The number of ketones is 1. The number of non-ortho nitro benzene ring substituents is 1. The molecular weight excluding hydrogens is 404 g/mol. The average Bonchev–Trinajstić information content (AvgIpc) is 3.42. The van der Waals surface area contributed by atoms with Crippen LogP contribution in [-0.2, 0) is 19.1 Å². The van der Waals surface area contributed by atoms with Crippen LogP contribution in [-0.4, -0.2) is 46.0 Å². The molecule has 1 aromatic rings. The minimum atomic E-state index is -1.09. The molecule has 3 aliphatic rings. The topological polar surface area (TPSA) is 124 Å². The first-order valence-corrected chi connectivity index (χ1v) is 10.5. The minimum absolute atomic E-state index is 0.0440. The lowest BCUT2D eigenvalue weighted by molar-refractivity contribution is -0.384. The summed E-state index contributed by atoms with van der Waals surface area (Å²) in [6, 6.07) is 4.04. The summed E-state index contributed by atoms with van der Waals surface area (Å²) in [6.07, 6.45) is 2.77. The number of nitro groups is 1. The van der Waals surface area contributed by atoms with Gasteiger partial charge in [-0.3, -0.25) is 29.4 Å². The molecule has 0 spiro atoms. The molecule has 164 valence electrons. The van der Waals surface area contributed by atoms with Crippen LogP contribution in [0.3, 0.4) is 0 Å². The van der Waals surface area contributed by atoms with Crippen LogP contribution in [0.4, 0.5) is 5.69 Å². The third kappa shape index (κ3) is 3.51. The van der Waals surface area contributed by atoms with Gasteiger partial charge in [0.25, 0.3) is 5.69 Å². The zero-order valence-electron chi connectivity index (χ0n) is 17.4. The van der Waals surface area contributed by atoms with Gasteiger partial charge in [0.05, 0.1) is 16.8 Å². The maximum atomic E-state index is 13.1. The van der Waals surface area contributed by atoms with Crippen molar-refractivity contribution in [1.82, 2.24) is 4.90 Å². The second-order valence-electron chi connectivity index (χ2n) is 8.96. The molecule has 2 aliphatic carbocycles. The standard InChI is InChI=1S/C22H24N2O7/c1-11(2)19(23-20(26)17-13-6-7-14(8-13)18(17)21(23)27)22(28)31-10-16(25)12-4-3-5-15(9-12)24(29)30/h3-5,9,11,13-14,17-19H,6-8,10H2,1-2H3/t13-,14+,17-,18-,19+/m0/s1. The maximum absolute atomic E-state index is 13.1. The van der Waals surface area contributed by atoms with Crippen LogP contribution < -0.4 is 0 Å². The Labute approximate surface area is 178 Å². The van der Waals surface area contributed by atoms with E-state index < -0.39 is 29.3 Å². The molecule has 3 fully saturated rings. The number of benzene rings is 1. The Morgan fingerprint density at radius 2 is 1.77 bits per heavy atom. The van der Waals surface area contributed by atoms with Crippen molar-refractivity contribution in [3.63, 3.8) is 0 Å². The molecule has 0 radical (unpaired) electrons. The van der Waals surface area contributed by atoms with Gasteiger partial charge < -0.3 is 4.74 Å². The van der Waals surface area contributed by atoms with Crippen molar-refractivity contribution in [2.24, 2.45) is 29.6 Å². The van der Waals surface area contributed by atoms with Gasteiger partial charge in [-0.2, -0.15) is 0 Å². The number of rotatable bonds is 7. The molecule has 4 rings (SSSR count). The number of imide groups is 1. The van der Waals surface area contributed by atoms with E-state index in [9.17, 15) is 29.3 Å². The van der Waals surface area contributed by atoms with Crippen molar-refractivity contribution < 1.29 is 28.8 Å². The number of esters is 1. The predicted molar refractivity (Wildman–Crippen MR) is 107 cm³/mol. The Hall–Kier alpha value is -3.10.